The van der Waals surface area contributed by atoms with E-state index in [9.17, 15) is 9.59 Å². The lowest BCUT2D eigenvalue weighted by molar-refractivity contribution is 0.0763. The number of aromatic nitrogens is 1. The Labute approximate surface area is 229 Å². The van der Waals surface area contributed by atoms with E-state index in [1.807, 2.05) is 37.5 Å². The first kappa shape index (κ1) is 24.9. The van der Waals surface area contributed by atoms with Crippen LogP contribution in [-0.4, -0.2) is 47.9 Å². The van der Waals surface area contributed by atoms with Gasteiger partial charge >= 0.3 is 0 Å². The average molecular weight is 529 g/mol. The summed E-state index contributed by atoms with van der Waals surface area (Å²) in [6.45, 7) is 5.67. The fraction of sp³-hybridized carbons (Fsp3) is 0.387. The smallest absolute Gasteiger partial charge is 0.254 e. The van der Waals surface area contributed by atoms with Crippen molar-refractivity contribution in [1.29, 1.82) is 0 Å². The third-order valence-corrected chi connectivity index (χ3v) is 9.13. The molecule has 2 amide bonds. The first-order chi connectivity index (χ1) is 18.4. The molecule has 6 rings (SSSR count). The number of pyridine rings is 1. The SMILES string of the molecule is Cc1cc2c(cc1C(=O)N1CCC3(CCN(c4ccncc4)CC3)C1)[C@H](NC(=O)c1ccccc1Cl)CC2. The minimum absolute atomic E-state index is 0.113. The molecule has 6 nitrogen and oxygen atoms in total. The van der Waals surface area contributed by atoms with Crippen LogP contribution in [0.2, 0.25) is 5.02 Å². The second-order valence-corrected chi connectivity index (χ2v) is 11.5. The van der Waals surface area contributed by atoms with Gasteiger partial charge in [-0.3, -0.25) is 14.6 Å². The Balaban J connectivity index is 1.15. The molecule has 7 heteroatoms. The second-order valence-electron chi connectivity index (χ2n) is 11.1. The van der Waals surface area contributed by atoms with Gasteiger partial charge < -0.3 is 15.1 Å². The highest BCUT2D eigenvalue weighted by Crippen LogP contribution is 2.42. The van der Waals surface area contributed by atoms with E-state index in [0.717, 1.165) is 75.0 Å². The van der Waals surface area contributed by atoms with Crippen LogP contribution in [0.15, 0.2) is 60.9 Å². The van der Waals surface area contributed by atoms with Crippen molar-refractivity contribution >= 4 is 29.1 Å². The topological polar surface area (TPSA) is 65.5 Å². The number of hydrogen-bond donors (Lipinski definition) is 1. The molecular weight excluding hydrogens is 496 g/mol. The Morgan fingerprint density at radius 2 is 1.74 bits per heavy atom. The van der Waals surface area contributed by atoms with Crippen molar-refractivity contribution in [3.05, 3.63) is 93.8 Å². The van der Waals surface area contributed by atoms with Gasteiger partial charge in [-0.15, -0.1) is 0 Å². The molecule has 38 heavy (non-hydrogen) atoms. The van der Waals surface area contributed by atoms with E-state index in [0.29, 0.717) is 10.6 Å². The predicted molar refractivity (Wildman–Crippen MR) is 150 cm³/mol. The van der Waals surface area contributed by atoms with E-state index in [-0.39, 0.29) is 23.3 Å². The molecule has 1 N–H and O–H groups in total. The molecule has 3 heterocycles. The molecule has 2 saturated heterocycles. The summed E-state index contributed by atoms with van der Waals surface area (Å²) in [6.07, 6.45) is 8.66. The van der Waals surface area contributed by atoms with Crippen LogP contribution in [0.5, 0.6) is 0 Å². The molecule has 0 unspecified atom stereocenters. The summed E-state index contributed by atoms with van der Waals surface area (Å²) in [7, 11) is 0. The molecular formula is C31H33ClN4O2. The summed E-state index contributed by atoms with van der Waals surface area (Å²) < 4.78 is 0. The van der Waals surface area contributed by atoms with Gasteiger partial charge in [0.15, 0.2) is 0 Å². The number of anilines is 1. The highest BCUT2D eigenvalue weighted by atomic mass is 35.5. The number of halogens is 1. The van der Waals surface area contributed by atoms with Crippen molar-refractivity contribution in [3.63, 3.8) is 0 Å². The Morgan fingerprint density at radius 3 is 2.50 bits per heavy atom. The van der Waals surface area contributed by atoms with E-state index in [2.05, 4.69) is 38.3 Å². The van der Waals surface area contributed by atoms with Gasteiger partial charge in [-0.25, -0.2) is 0 Å². The van der Waals surface area contributed by atoms with Crippen LogP contribution < -0.4 is 10.2 Å². The van der Waals surface area contributed by atoms with Gasteiger partial charge in [-0.05, 0) is 91.5 Å². The zero-order chi connectivity index (χ0) is 26.3. The Kier molecular flexibility index (Phi) is 6.60. The number of aryl methyl sites for hydroxylation is 2. The molecule has 1 atom stereocenters. The number of carbonyl (C=O) groups excluding carboxylic acids is 2. The molecule has 2 aromatic carbocycles. The number of hydrogen-bond acceptors (Lipinski definition) is 4. The van der Waals surface area contributed by atoms with E-state index < -0.39 is 0 Å². The lowest BCUT2D eigenvalue weighted by Crippen LogP contribution is -2.42. The van der Waals surface area contributed by atoms with Crippen LogP contribution in [0.4, 0.5) is 5.69 Å². The highest BCUT2D eigenvalue weighted by molar-refractivity contribution is 6.33. The standard InChI is InChI=1S/C31H33ClN4O2/c1-21-18-22-6-7-28(34-29(37)24-4-2-3-5-27(24)32)26(22)19-25(21)30(38)36-17-12-31(20-36)10-15-35(16-11-31)23-8-13-33-14-9-23/h2-5,8-9,13-14,18-19,28H,6-7,10-12,15-17,20H2,1H3,(H,34,37)/t28-/m1/s1. The zero-order valence-electron chi connectivity index (χ0n) is 21.8. The summed E-state index contributed by atoms with van der Waals surface area (Å²) in [6, 6.07) is 15.3. The van der Waals surface area contributed by atoms with Crippen LogP contribution in [-0.2, 0) is 6.42 Å². The first-order valence-electron chi connectivity index (χ1n) is 13.6. The number of carbonyl (C=O) groups is 2. The molecule has 1 aliphatic carbocycles. The number of benzene rings is 2. The molecule has 2 fully saturated rings. The van der Waals surface area contributed by atoms with Crippen molar-refractivity contribution in [2.75, 3.05) is 31.1 Å². The number of amides is 2. The van der Waals surface area contributed by atoms with Crippen molar-refractivity contribution in [1.82, 2.24) is 15.2 Å². The van der Waals surface area contributed by atoms with Gasteiger partial charge in [-0.2, -0.15) is 0 Å². The van der Waals surface area contributed by atoms with Gasteiger partial charge in [0, 0.05) is 49.8 Å². The molecule has 2 aliphatic heterocycles. The number of nitrogens with one attached hydrogen (secondary N) is 1. The maximum Gasteiger partial charge on any atom is 0.254 e. The summed E-state index contributed by atoms with van der Waals surface area (Å²) >= 11 is 6.25. The van der Waals surface area contributed by atoms with E-state index in [1.165, 1.54) is 11.3 Å². The molecule has 1 spiro atoms. The molecule has 196 valence electrons. The Hall–Kier alpha value is -3.38. The number of likely N-dealkylation sites (tertiary alicyclic amines) is 1. The maximum atomic E-state index is 13.8. The second kappa shape index (κ2) is 10.1. The van der Waals surface area contributed by atoms with Crippen LogP contribution in [0.3, 0.4) is 0 Å². The molecule has 0 radical (unpaired) electrons. The lowest BCUT2D eigenvalue weighted by atomic mass is 9.77. The monoisotopic (exact) mass is 528 g/mol. The Bertz CT molecular complexity index is 1370. The molecule has 0 bridgehead atoms. The highest BCUT2D eigenvalue weighted by Gasteiger charge is 2.42. The van der Waals surface area contributed by atoms with Crippen LogP contribution in [0, 0.1) is 12.3 Å². The lowest BCUT2D eigenvalue weighted by Gasteiger charge is -2.40. The summed E-state index contributed by atoms with van der Waals surface area (Å²) in [5, 5.41) is 3.60. The van der Waals surface area contributed by atoms with Crippen molar-refractivity contribution < 1.29 is 9.59 Å². The third kappa shape index (κ3) is 4.66. The predicted octanol–water partition coefficient (Wildman–Crippen LogP) is 5.59. The van der Waals surface area contributed by atoms with Crippen LogP contribution in [0.1, 0.15) is 69.1 Å². The summed E-state index contributed by atoms with van der Waals surface area (Å²) in [5.74, 6) is -0.0664. The van der Waals surface area contributed by atoms with Gasteiger partial charge in [0.2, 0.25) is 0 Å². The maximum absolute atomic E-state index is 13.8. The summed E-state index contributed by atoms with van der Waals surface area (Å²) in [5.41, 5.74) is 5.95. The summed E-state index contributed by atoms with van der Waals surface area (Å²) in [4.78, 5) is 35.3. The minimum atomic E-state index is -0.179. The number of fused-ring (bicyclic) bond motifs is 1. The van der Waals surface area contributed by atoms with Crippen molar-refractivity contribution in [2.24, 2.45) is 5.41 Å². The van der Waals surface area contributed by atoms with Gasteiger partial charge in [0.1, 0.15) is 0 Å². The molecule has 3 aromatic rings. The quantitative estimate of drug-likeness (QED) is 0.479. The minimum Gasteiger partial charge on any atom is -0.371 e. The van der Waals surface area contributed by atoms with E-state index in [1.54, 1.807) is 12.1 Å². The van der Waals surface area contributed by atoms with Crippen LogP contribution >= 0.6 is 11.6 Å². The number of piperidine rings is 1. The first-order valence-corrected chi connectivity index (χ1v) is 13.9. The normalized spacial score (nSPS) is 20.0. The van der Waals surface area contributed by atoms with Crippen LogP contribution in [0.25, 0.3) is 0 Å². The van der Waals surface area contributed by atoms with E-state index in [4.69, 9.17) is 11.6 Å². The molecule has 3 aliphatic rings. The average Bonchev–Trinajstić information content (AvgIpc) is 3.53. The van der Waals surface area contributed by atoms with E-state index >= 15 is 0 Å². The third-order valence-electron chi connectivity index (χ3n) is 8.80. The largest absolute Gasteiger partial charge is 0.371 e. The van der Waals surface area contributed by atoms with Gasteiger partial charge in [0.05, 0.1) is 16.6 Å². The zero-order valence-corrected chi connectivity index (χ0v) is 22.5. The van der Waals surface area contributed by atoms with Gasteiger partial charge in [0.25, 0.3) is 11.8 Å². The number of nitrogens with zero attached hydrogens (tertiary/aromatic N) is 3. The fourth-order valence-corrected chi connectivity index (χ4v) is 6.74. The molecule has 1 aromatic heterocycles. The fourth-order valence-electron chi connectivity index (χ4n) is 6.52. The molecule has 0 saturated carbocycles. The van der Waals surface area contributed by atoms with Crippen molar-refractivity contribution in [3.8, 4) is 0 Å². The number of rotatable bonds is 4. The van der Waals surface area contributed by atoms with Crippen molar-refractivity contribution in [2.45, 2.75) is 45.1 Å². The Morgan fingerprint density at radius 1 is 1.00 bits per heavy atom. The van der Waals surface area contributed by atoms with Gasteiger partial charge in [-0.1, -0.05) is 29.8 Å².